The van der Waals surface area contributed by atoms with Gasteiger partial charge in [-0.2, -0.15) is 4.98 Å². The van der Waals surface area contributed by atoms with Crippen LogP contribution in [-0.4, -0.2) is 50.8 Å². The summed E-state index contributed by atoms with van der Waals surface area (Å²) >= 11 is 0. The average molecular weight is 300 g/mol. The fourth-order valence-electron chi connectivity index (χ4n) is 2.11. The molecule has 1 aliphatic heterocycles. The van der Waals surface area contributed by atoms with E-state index in [0.29, 0.717) is 0 Å². The third kappa shape index (κ3) is 2.54. The first-order valence-electron chi connectivity index (χ1n) is 5.91. The summed E-state index contributed by atoms with van der Waals surface area (Å²) in [5.74, 6) is -0.0484. The summed E-state index contributed by atoms with van der Waals surface area (Å²) < 4.78 is 20.3. The number of hydrogen-bond acceptors (Lipinski definition) is 7. The average Bonchev–Trinajstić information content (AvgIpc) is 2.71. The Hall–Kier alpha value is -2.20. The molecule has 4 N–H and O–H groups in total. The molecule has 114 valence electrons. The highest BCUT2D eigenvalue weighted by Gasteiger charge is 2.55. The highest BCUT2D eigenvalue weighted by molar-refractivity contribution is 5.23. The summed E-state index contributed by atoms with van der Waals surface area (Å²) in [7, 11) is 0. The Bertz CT molecular complexity index is 632. The molecule has 1 unspecified atom stereocenters. The van der Waals surface area contributed by atoms with E-state index in [0.717, 1.165) is 10.8 Å². The molecule has 0 aromatic carbocycles. The number of alkyl halides is 1. The first-order chi connectivity index (χ1) is 9.95. The first-order valence-corrected chi connectivity index (χ1v) is 5.91. The van der Waals surface area contributed by atoms with Crippen molar-refractivity contribution in [3.05, 3.63) is 33.2 Å². The zero-order chi connectivity index (χ0) is 15.6. The predicted molar refractivity (Wildman–Crippen MR) is 67.8 cm³/mol. The van der Waals surface area contributed by atoms with Crippen LogP contribution in [0.4, 0.5) is 10.2 Å². The zero-order valence-electron chi connectivity index (χ0n) is 10.7. The van der Waals surface area contributed by atoms with E-state index >= 15 is 0 Å². The van der Waals surface area contributed by atoms with Crippen LogP contribution < -0.4 is 11.4 Å². The number of ether oxygens (including phenoxy) is 1. The van der Waals surface area contributed by atoms with Crippen molar-refractivity contribution >= 4 is 5.82 Å². The third-order valence-corrected chi connectivity index (χ3v) is 3.26. The number of anilines is 1. The normalized spacial score (nSPS) is 31.9. The highest BCUT2D eigenvalue weighted by atomic mass is 19.1. The molecule has 2 heterocycles. The van der Waals surface area contributed by atoms with Gasteiger partial charge in [0.25, 0.3) is 0 Å². The van der Waals surface area contributed by atoms with E-state index in [1.54, 1.807) is 0 Å². The molecular weight excluding hydrogens is 287 g/mol. The number of aliphatic hydroxyl groups is 2. The van der Waals surface area contributed by atoms with E-state index in [2.05, 4.69) is 15.0 Å². The van der Waals surface area contributed by atoms with E-state index in [1.165, 1.54) is 6.07 Å². The lowest BCUT2D eigenvalue weighted by molar-refractivity contribution is -0.122. The van der Waals surface area contributed by atoms with Crippen molar-refractivity contribution in [2.75, 3.05) is 18.9 Å². The van der Waals surface area contributed by atoms with Crippen molar-refractivity contribution in [2.45, 2.75) is 24.1 Å². The molecular formula is C10H13FN6O4. The summed E-state index contributed by atoms with van der Waals surface area (Å²) in [4.78, 5) is 17.6. The summed E-state index contributed by atoms with van der Waals surface area (Å²) in [6.45, 7) is -1.28. The number of azide groups is 1. The second-order valence-electron chi connectivity index (χ2n) is 4.55. The molecule has 2 rings (SSSR count). The number of aliphatic hydroxyl groups excluding tert-OH is 2. The van der Waals surface area contributed by atoms with E-state index in [4.69, 9.17) is 16.0 Å². The van der Waals surface area contributed by atoms with Crippen LogP contribution in [0.1, 0.15) is 6.23 Å². The van der Waals surface area contributed by atoms with Gasteiger partial charge < -0.3 is 20.7 Å². The van der Waals surface area contributed by atoms with Gasteiger partial charge in [0.15, 0.2) is 12.4 Å². The zero-order valence-corrected chi connectivity index (χ0v) is 10.7. The van der Waals surface area contributed by atoms with Crippen LogP contribution in [0.25, 0.3) is 10.4 Å². The van der Waals surface area contributed by atoms with E-state index in [-0.39, 0.29) is 5.82 Å². The number of halogens is 1. The molecule has 0 spiro atoms. The predicted octanol–water partition coefficient (Wildman–Crippen LogP) is -0.905. The lowest BCUT2D eigenvalue weighted by atomic mass is 9.97. The summed E-state index contributed by atoms with van der Waals surface area (Å²) in [6, 6.07) is 1.26. The number of nitrogens with zero attached hydrogens (tertiary/aromatic N) is 5. The second kappa shape index (κ2) is 5.66. The second-order valence-corrected chi connectivity index (χ2v) is 4.55. The Balaban J connectivity index is 2.39. The standard InChI is InChI=1S/C10H13FN6O4/c11-6-7(19)10(4-18,3-14-16-13)21-8(6)17-2-1-5(12)15-9(17)20/h1-2,6-8,18-19H,3-4H2,(H2,12,15,20)/t6-,7+,8-,10?/m1/s1. The lowest BCUT2D eigenvalue weighted by Crippen LogP contribution is -2.48. The van der Waals surface area contributed by atoms with Gasteiger partial charge in [0.05, 0.1) is 13.2 Å². The van der Waals surface area contributed by atoms with Gasteiger partial charge in [-0.3, -0.25) is 4.57 Å². The van der Waals surface area contributed by atoms with Crippen LogP contribution in [0, 0.1) is 0 Å². The van der Waals surface area contributed by atoms with Gasteiger partial charge in [-0.25, -0.2) is 9.18 Å². The van der Waals surface area contributed by atoms with Crippen molar-refractivity contribution in [3.63, 3.8) is 0 Å². The Morgan fingerprint density at radius 3 is 3.00 bits per heavy atom. The van der Waals surface area contributed by atoms with Crippen LogP contribution in [-0.2, 0) is 4.74 Å². The molecule has 1 aromatic heterocycles. The molecule has 0 bridgehead atoms. The Morgan fingerprint density at radius 2 is 2.43 bits per heavy atom. The quantitative estimate of drug-likeness (QED) is 0.371. The molecule has 21 heavy (non-hydrogen) atoms. The van der Waals surface area contributed by atoms with Crippen LogP contribution in [0.3, 0.4) is 0 Å². The summed E-state index contributed by atoms with van der Waals surface area (Å²) in [6.07, 6.45) is -4.14. The molecule has 0 aliphatic carbocycles. The van der Waals surface area contributed by atoms with Gasteiger partial charge in [0.2, 0.25) is 0 Å². The third-order valence-electron chi connectivity index (χ3n) is 3.26. The van der Waals surface area contributed by atoms with Crippen molar-refractivity contribution in [1.82, 2.24) is 9.55 Å². The number of hydrogen-bond donors (Lipinski definition) is 3. The number of nitrogens with two attached hydrogens (primary N) is 1. The van der Waals surface area contributed by atoms with E-state index in [1.807, 2.05) is 0 Å². The van der Waals surface area contributed by atoms with Gasteiger partial charge in [0, 0.05) is 11.1 Å². The minimum atomic E-state index is -2.02. The van der Waals surface area contributed by atoms with Crippen molar-refractivity contribution < 1.29 is 19.3 Å². The van der Waals surface area contributed by atoms with Crippen LogP contribution in [0.5, 0.6) is 0 Å². The Morgan fingerprint density at radius 1 is 1.71 bits per heavy atom. The fraction of sp³-hybridized carbons (Fsp3) is 0.600. The van der Waals surface area contributed by atoms with Crippen molar-refractivity contribution in [1.29, 1.82) is 0 Å². The summed E-state index contributed by atoms with van der Waals surface area (Å²) in [5.41, 5.74) is 11.0. The SMILES string of the molecule is [N-]=[N+]=NCC1(CO)O[C@@H](n2ccc(N)nc2=O)[C@H](F)[C@@H]1O. The smallest absolute Gasteiger partial charge is 0.351 e. The van der Waals surface area contributed by atoms with Gasteiger partial charge in [-0.15, -0.1) is 0 Å². The van der Waals surface area contributed by atoms with Gasteiger partial charge in [0.1, 0.15) is 17.5 Å². The van der Waals surface area contributed by atoms with Crippen LogP contribution >= 0.6 is 0 Å². The molecule has 0 radical (unpaired) electrons. The number of aromatic nitrogens is 2. The van der Waals surface area contributed by atoms with Crippen LogP contribution in [0.15, 0.2) is 22.2 Å². The molecule has 0 amide bonds. The molecule has 1 fully saturated rings. The maximum absolute atomic E-state index is 14.2. The largest absolute Gasteiger partial charge is 0.393 e. The fourth-order valence-corrected chi connectivity index (χ4v) is 2.11. The molecule has 1 aliphatic rings. The summed E-state index contributed by atoms with van der Waals surface area (Å²) in [5, 5.41) is 22.5. The first kappa shape index (κ1) is 15.2. The molecule has 11 heteroatoms. The number of rotatable bonds is 4. The maximum Gasteiger partial charge on any atom is 0.351 e. The van der Waals surface area contributed by atoms with Crippen molar-refractivity contribution in [3.8, 4) is 0 Å². The highest BCUT2D eigenvalue weighted by Crippen LogP contribution is 2.38. The molecule has 1 aromatic rings. The maximum atomic E-state index is 14.2. The Labute approximate surface area is 117 Å². The molecule has 4 atom stereocenters. The molecule has 0 saturated carbocycles. The van der Waals surface area contributed by atoms with Gasteiger partial charge in [-0.1, -0.05) is 5.11 Å². The van der Waals surface area contributed by atoms with Gasteiger partial charge >= 0.3 is 5.69 Å². The van der Waals surface area contributed by atoms with Gasteiger partial charge in [-0.05, 0) is 11.6 Å². The van der Waals surface area contributed by atoms with Crippen molar-refractivity contribution in [2.24, 2.45) is 5.11 Å². The van der Waals surface area contributed by atoms with Crippen LogP contribution in [0.2, 0.25) is 0 Å². The monoisotopic (exact) mass is 300 g/mol. The van der Waals surface area contributed by atoms with E-state index in [9.17, 15) is 19.4 Å². The molecule has 1 saturated heterocycles. The Kier molecular flexibility index (Phi) is 4.09. The van der Waals surface area contributed by atoms with E-state index < -0.39 is 42.9 Å². The number of nitrogen functional groups attached to an aromatic ring is 1. The minimum absolute atomic E-state index is 0.0484. The lowest BCUT2D eigenvalue weighted by Gasteiger charge is -2.27. The molecule has 10 nitrogen and oxygen atoms in total. The topological polar surface area (TPSA) is 159 Å². The minimum Gasteiger partial charge on any atom is -0.393 e.